The third kappa shape index (κ3) is 4.63. The third-order valence-corrected chi connectivity index (χ3v) is 6.12. The molecule has 2 N–H and O–H groups in total. The van der Waals surface area contributed by atoms with Crippen molar-refractivity contribution in [3.05, 3.63) is 107 Å². The van der Waals surface area contributed by atoms with Crippen molar-refractivity contribution in [3.63, 3.8) is 0 Å². The number of carbonyl (C=O) groups is 2. The Morgan fingerprint density at radius 3 is 2.19 bits per heavy atom. The van der Waals surface area contributed by atoms with Gasteiger partial charge in [0.05, 0.1) is 29.5 Å². The summed E-state index contributed by atoms with van der Waals surface area (Å²) < 4.78 is 5.17. The highest BCUT2D eigenvalue weighted by Gasteiger charge is 2.30. The molecule has 2 heterocycles. The summed E-state index contributed by atoms with van der Waals surface area (Å²) in [5, 5.41) is 8.15. The van der Waals surface area contributed by atoms with E-state index in [0.717, 1.165) is 11.1 Å². The lowest BCUT2D eigenvalue weighted by Gasteiger charge is -2.32. The van der Waals surface area contributed by atoms with E-state index in [1.165, 1.54) is 17.6 Å². The van der Waals surface area contributed by atoms with E-state index in [1.807, 2.05) is 67.6 Å². The predicted molar refractivity (Wildman–Crippen MR) is 125 cm³/mol. The number of carbonyl (C=O) groups excluding carboxylic acids is 2. The van der Waals surface area contributed by atoms with Crippen molar-refractivity contribution in [2.24, 2.45) is 0 Å². The van der Waals surface area contributed by atoms with E-state index >= 15 is 0 Å². The number of nitrogens with zero attached hydrogens (tertiary/aromatic N) is 1. The highest BCUT2D eigenvalue weighted by Crippen LogP contribution is 2.29. The number of thiazole rings is 1. The summed E-state index contributed by atoms with van der Waals surface area (Å²) in [6, 6.07) is 21.4. The number of rotatable bonds is 7. The van der Waals surface area contributed by atoms with Crippen molar-refractivity contribution in [2.75, 3.05) is 5.32 Å². The summed E-state index contributed by atoms with van der Waals surface area (Å²) in [5.41, 5.74) is 2.34. The summed E-state index contributed by atoms with van der Waals surface area (Å²) in [6.07, 6.45) is 1.57. The molecule has 0 saturated heterocycles. The van der Waals surface area contributed by atoms with E-state index in [-0.39, 0.29) is 18.2 Å². The second kappa shape index (κ2) is 9.20. The molecule has 4 rings (SSSR count). The van der Waals surface area contributed by atoms with Gasteiger partial charge in [-0.25, -0.2) is 4.98 Å². The molecule has 0 aliphatic rings. The van der Waals surface area contributed by atoms with Crippen molar-refractivity contribution < 1.29 is 14.0 Å². The highest BCUT2D eigenvalue weighted by molar-refractivity contribution is 7.14. The molecule has 0 fully saturated rings. The minimum Gasteiger partial charge on any atom is -0.469 e. The number of benzene rings is 2. The zero-order valence-corrected chi connectivity index (χ0v) is 18.6. The Morgan fingerprint density at radius 1 is 1.00 bits per heavy atom. The molecule has 6 nitrogen and oxygen atoms in total. The first kappa shape index (κ1) is 21.5. The van der Waals surface area contributed by atoms with Gasteiger partial charge in [0.15, 0.2) is 5.13 Å². The van der Waals surface area contributed by atoms with Crippen LogP contribution in [0.25, 0.3) is 0 Å². The maximum atomic E-state index is 13.0. The number of hydrogen-bond donors (Lipinski definition) is 2. The SMILES string of the molecule is Cc1occc1C(=O)Nc1nc(CC(=O)NC(C)(c2ccccc2)c2ccccc2)cs1. The van der Waals surface area contributed by atoms with Gasteiger partial charge in [0.1, 0.15) is 5.76 Å². The lowest BCUT2D eigenvalue weighted by Crippen LogP contribution is -2.45. The molecule has 0 spiro atoms. The van der Waals surface area contributed by atoms with Crippen molar-refractivity contribution in [1.82, 2.24) is 10.3 Å². The topological polar surface area (TPSA) is 84.2 Å². The fourth-order valence-corrected chi connectivity index (χ4v) is 4.28. The molecule has 0 aliphatic heterocycles. The van der Waals surface area contributed by atoms with Crippen LogP contribution in [0.4, 0.5) is 5.13 Å². The molecule has 0 unspecified atom stereocenters. The number of aryl methyl sites for hydroxylation is 1. The third-order valence-electron chi connectivity index (χ3n) is 5.31. The van der Waals surface area contributed by atoms with Crippen molar-refractivity contribution in [1.29, 1.82) is 0 Å². The molecule has 0 aliphatic carbocycles. The van der Waals surface area contributed by atoms with Crippen LogP contribution in [0.3, 0.4) is 0 Å². The molecule has 2 aromatic carbocycles. The average Bonchev–Trinajstić information content (AvgIpc) is 3.43. The molecule has 0 atom stereocenters. The number of hydrogen-bond acceptors (Lipinski definition) is 5. The smallest absolute Gasteiger partial charge is 0.260 e. The van der Waals surface area contributed by atoms with Crippen LogP contribution in [-0.2, 0) is 16.8 Å². The van der Waals surface area contributed by atoms with Crippen LogP contribution in [0.5, 0.6) is 0 Å². The zero-order chi connectivity index (χ0) is 22.6. The molecule has 4 aromatic rings. The summed E-state index contributed by atoms with van der Waals surface area (Å²) in [6.45, 7) is 3.72. The Hall–Kier alpha value is -3.71. The first-order valence-electron chi connectivity index (χ1n) is 10.2. The van der Waals surface area contributed by atoms with Crippen LogP contribution in [0, 0.1) is 6.92 Å². The van der Waals surface area contributed by atoms with Crippen LogP contribution in [0.1, 0.15) is 39.9 Å². The van der Waals surface area contributed by atoms with E-state index < -0.39 is 5.54 Å². The fourth-order valence-electron chi connectivity index (χ4n) is 3.57. The minimum absolute atomic E-state index is 0.104. The largest absolute Gasteiger partial charge is 0.469 e. The van der Waals surface area contributed by atoms with Gasteiger partial charge in [-0.2, -0.15) is 0 Å². The van der Waals surface area contributed by atoms with Crippen molar-refractivity contribution >= 4 is 28.3 Å². The van der Waals surface area contributed by atoms with Crippen molar-refractivity contribution in [3.8, 4) is 0 Å². The van der Waals surface area contributed by atoms with Crippen LogP contribution in [-0.4, -0.2) is 16.8 Å². The molecule has 0 bridgehead atoms. The Morgan fingerprint density at radius 2 is 1.62 bits per heavy atom. The van der Waals surface area contributed by atoms with E-state index in [9.17, 15) is 9.59 Å². The molecule has 2 amide bonds. The van der Waals surface area contributed by atoms with E-state index in [2.05, 4.69) is 15.6 Å². The number of aromatic nitrogens is 1. The van der Waals surface area contributed by atoms with Gasteiger partial charge in [0.25, 0.3) is 5.91 Å². The molecular formula is C25H23N3O3S. The van der Waals surface area contributed by atoms with Gasteiger partial charge in [0, 0.05) is 5.38 Å². The maximum absolute atomic E-state index is 13.0. The molecule has 0 radical (unpaired) electrons. The first-order chi connectivity index (χ1) is 15.5. The monoisotopic (exact) mass is 445 g/mol. The van der Waals surface area contributed by atoms with Gasteiger partial charge in [-0.15, -0.1) is 11.3 Å². The van der Waals surface area contributed by atoms with E-state index in [1.54, 1.807) is 18.4 Å². The van der Waals surface area contributed by atoms with Gasteiger partial charge in [-0.1, -0.05) is 60.7 Å². The van der Waals surface area contributed by atoms with Gasteiger partial charge in [0.2, 0.25) is 5.91 Å². The highest BCUT2D eigenvalue weighted by atomic mass is 32.1. The predicted octanol–water partition coefficient (Wildman–Crippen LogP) is 4.92. The Kier molecular flexibility index (Phi) is 6.18. The van der Waals surface area contributed by atoms with Crippen LogP contribution in [0.2, 0.25) is 0 Å². The summed E-state index contributed by atoms with van der Waals surface area (Å²) in [7, 11) is 0. The molecule has 7 heteroatoms. The Balaban J connectivity index is 1.48. The van der Waals surface area contributed by atoms with Gasteiger partial charge in [-0.05, 0) is 31.0 Å². The molecule has 32 heavy (non-hydrogen) atoms. The lowest BCUT2D eigenvalue weighted by molar-refractivity contribution is -0.121. The minimum atomic E-state index is -0.689. The lowest BCUT2D eigenvalue weighted by atomic mass is 9.84. The first-order valence-corrected chi connectivity index (χ1v) is 11.1. The standard InChI is InChI=1S/C25H23N3O3S/c1-17-21(13-14-31-17)23(30)27-24-26-20(16-32-24)15-22(29)28-25(2,18-9-5-3-6-10-18)19-11-7-4-8-12-19/h3-14,16H,15H2,1-2H3,(H,28,29)(H,26,27,30). The Labute approximate surface area is 190 Å². The zero-order valence-electron chi connectivity index (χ0n) is 17.8. The maximum Gasteiger partial charge on any atom is 0.260 e. The van der Waals surface area contributed by atoms with Crippen LogP contribution in [0.15, 0.2) is 82.8 Å². The second-order valence-electron chi connectivity index (χ2n) is 7.57. The molecule has 0 saturated carbocycles. The summed E-state index contributed by atoms with van der Waals surface area (Å²) in [5.74, 6) is 0.0937. The fraction of sp³-hybridized carbons (Fsp3) is 0.160. The molecule has 162 valence electrons. The average molecular weight is 446 g/mol. The van der Waals surface area contributed by atoms with E-state index in [0.29, 0.717) is 22.1 Å². The number of amides is 2. The van der Waals surface area contributed by atoms with Gasteiger partial charge in [-0.3, -0.25) is 14.9 Å². The second-order valence-corrected chi connectivity index (χ2v) is 8.43. The normalized spacial score (nSPS) is 11.2. The number of anilines is 1. The quantitative estimate of drug-likeness (QED) is 0.423. The van der Waals surface area contributed by atoms with Crippen LogP contribution >= 0.6 is 11.3 Å². The molecule has 2 aromatic heterocycles. The van der Waals surface area contributed by atoms with Gasteiger partial charge < -0.3 is 9.73 Å². The van der Waals surface area contributed by atoms with E-state index in [4.69, 9.17) is 4.42 Å². The number of nitrogens with one attached hydrogen (secondary N) is 2. The summed E-state index contributed by atoms with van der Waals surface area (Å²) >= 11 is 1.28. The van der Waals surface area contributed by atoms with Crippen LogP contribution < -0.4 is 10.6 Å². The van der Waals surface area contributed by atoms with Gasteiger partial charge >= 0.3 is 0 Å². The summed E-state index contributed by atoms with van der Waals surface area (Å²) in [4.78, 5) is 29.7. The molecular weight excluding hydrogens is 422 g/mol. The van der Waals surface area contributed by atoms with Crippen molar-refractivity contribution in [2.45, 2.75) is 25.8 Å². The Bertz CT molecular complexity index is 1180. The number of furan rings is 1.